The number of nitrogens with zero attached hydrogens (tertiary/aromatic N) is 1. The van der Waals surface area contributed by atoms with Crippen LogP contribution in [0.4, 0.5) is 5.69 Å². The van der Waals surface area contributed by atoms with Gasteiger partial charge in [-0.2, -0.15) is 0 Å². The molecule has 0 saturated carbocycles. The summed E-state index contributed by atoms with van der Waals surface area (Å²) in [5, 5.41) is 15.6. The quantitative estimate of drug-likeness (QED) is 0.421. The zero-order chi connectivity index (χ0) is 17.4. The van der Waals surface area contributed by atoms with Gasteiger partial charge in [0.05, 0.1) is 4.92 Å². The van der Waals surface area contributed by atoms with Crippen LogP contribution in [0.3, 0.4) is 0 Å². The Labute approximate surface area is 132 Å². The molecule has 0 aliphatic rings. The summed E-state index contributed by atoms with van der Waals surface area (Å²) in [7, 11) is 0. The zero-order valence-electron chi connectivity index (χ0n) is 12.7. The maximum atomic E-state index is 12.0. The summed E-state index contributed by atoms with van der Waals surface area (Å²) in [5.41, 5.74) is 0.441. The first-order valence-corrected chi connectivity index (χ1v) is 6.71. The Morgan fingerprint density at radius 1 is 1.30 bits per heavy atom. The number of rotatable bonds is 7. The van der Waals surface area contributed by atoms with E-state index < -0.39 is 28.7 Å². The number of ether oxygens (including phenoxy) is 1. The Hall–Kier alpha value is -2.97. The molecule has 124 valence electrons. The fourth-order valence-corrected chi connectivity index (χ4v) is 1.72. The van der Waals surface area contributed by atoms with Gasteiger partial charge in [-0.25, -0.2) is 0 Å². The molecule has 0 radical (unpaired) electrons. The molecule has 0 aliphatic heterocycles. The van der Waals surface area contributed by atoms with Crippen LogP contribution in [-0.4, -0.2) is 35.4 Å². The normalized spacial score (nSPS) is 11.2. The summed E-state index contributed by atoms with van der Waals surface area (Å²) in [5.74, 6) is -1.59. The average Bonchev–Trinajstić information content (AvgIpc) is 2.48. The smallest absolute Gasteiger partial charge is 0.302 e. The second-order valence-electron chi connectivity index (χ2n) is 4.70. The van der Waals surface area contributed by atoms with E-state index in [1.165, 1.54) is 32.0 Å². The van der Waals surface area contributed by atoms with Gasteiger partial charge in [-0.15, -0.1) is 0 Å². The van der Waals surface area contributed by atoms with E-state index in [-0.39, 0.29) is 18.8 Å². The molecule has 0 unspecified atom stereocenters. The van der Waals surface area contributed by atoms with Crippen molar-refractivity contribution >= 4 is 23.5 Å². The molecule has 0 aliphatic carbocycles. The molecule has 0 saturated heterocycles. The lowest BCUT2D eigenvalue weighted by Crippen LogP contribution is -2.48. The summed E-state index contributed by atoms with van der Waals surface area (Å²) < 4.78 is 4.72. The maximum absolute atomic E-state index is 12.0. The first-order chi connectivity index (χ1) is 10.8. The summed E-state index contributed by atoms with van der Waals surface area (Å²) in [6.07, 6.45) is 0. The highest BCUT2D eigenvalue weighted by atomic mass is 16.6. The van der Waals surface area contributed by atoms with Crippen molar-refractivity contribution in [3.05, 3.63) is 39.9 Å². The SMILES string of the molecule is CC(=O)N[C@H](COC(C)=O)C(=O)NCc1cccc([N+](=O)[O-])c1. The summed E-state index contributed by atoms with van der Waals surface area (Å²) in [6.45, 7) is 2.16. The van der Waals surface area contributed by atoms with E-state index in [9.17, 15) is 24.5 Å². The predicted molar refractivity (Wildman–Crippen MR) is 79.2 cm³/mol. The van der Waals surface area contributed by atoms with Gasteiger partial charge in [-0.1, -0.05) is 12.1 Å². The van der Waals surface area contributed by atoms with Crippen molar-refractivity contribution < 1.29 is 24.0 Å². The molecule has 0 aromatic heterocycles. The van der Waals surface area contributed by atoms with Crippen LogP contribution in [-0.2, 0) is 25.7 Å². The van der Waals surface area contributed by atoms with Gasteiger partial charge in [0.1, 0.15) is 12.6 Å². The van der Waals surface area contributed by atoms with Gasteiger partial charge in [-0.05, 0) is 5.56 Å². The first kappa shape index (κ1) is 18.1. The van der Waals surface area contributed by atoms with Crippen LogP contribution >= 0.6 is 0 Å². The van der Waals surface area contributed by atoms with Gasteiger partial charge in [0.2, 0.25) is 11.8 Å². The number of carbonyl (C=O) groups is 3. The van der Waals surface area contributed by atoms with Crippen molar-refractivity contribution in [2.75, 3.05) is 6.61 Å². The van der Waals surface area contributed by atoms with Crippen molar-refractivity contribution in [1.29, 1.82) is 0 Å². The number of non-ortho nitro benzene ring substituents is 1. The van der Waals surface area contributed by atoms with Crippen LogP contribution < -0.4 is 10.6 Å². The molecule has 9 nitrogen and oxygen atoms in total. The number of esters is 1. The molecule has 2 N–H and O–H groups in total. The summed E-state index contributed by atoms with van der Waals surface area (Å²) >= 11 is 0. The molecule has 1 atom stereocenters. The molecule has 0 fully saturated rings. The van der Waals surface area contributed by atoms with E-state index >= 15 is 0 Å². The Morgan fingerprint density at radius 3 is 2.57 bits per heavy atom. The summed E-state index contributed by atoms with van der Waals surface area (Å²) in [4.78, 5) is 44.1. The highest BCUT2D eigenvalue weighted by Gasteiger charge is 2.20. The maximum Gasteiger partial charge on any atom is 0.302 e. The minimum Gasteiger partial charge on any atom is -0.463 e. The molecular weight excluding hydrogens is 306 g/mol. The lowest BCUT2D eigenvalue weighted by atomic mass is 10.2. The van der Waals surface area contributed by atoms with E-state index in [2.05, 4.69) is 10.6 Å². The lowest BCUT2D eigenvalue weighted by molar-refractivity contribution is -0.384. The summed E-state index contributed by atoms with van der Waals surface area (Å²) in [6, 6.07) is 4.76. The molecule has 23 heavy (non-hydrogen) atoms. The number of hydrogen-bond acceptors (Lipinski definition) is 6. The van der Waals surface area contributed by atoms with Gasteiger partial charge in [0.15, 0.2) is 0 Å². The molecule has 0 heterocycles. The Balaban J connectivity index is 2.66. The fraction of sp³-hybridized carbons (Fsp3) is 0.357. The van der Waals surface area contributed by atoms with Gasteiger partial charge in [0, 0.05) is 32.5 Å². The van der Waals surface area contributed by atoms with Crippen LogP contribution in [0.15, 0.2) is 24.3 Å². The number of nitro benzene ring substituents is 1. The van der Waals surface area contributed by atoms with Crippen LogP contribution in [0.1, 0.15) is 19.4 Å². The van der Waals surface area contributed by atoms with Crippen molar-refractivity contribution in [2.24, 2.45) is 0 Å². The molecule has 0 spiro atoms. The van der Waals surface area contributed by atoms with E-state index in [1.807, 2.05) is 0 Å². The zero-order valence-corrected chi connectivity index (χ0v) is 12.7. The Morgan fingerprint density at radius 2 is 2.00 bits per heavy atom. The first-order valence-electron chi connectivity index (χ1n) is 6.71. The number of benzene rings is 1. The van der Waals surface area contributed by atoms with Crippen molar-refractivity contribution in [2.45, 2.75) is 26.4 Å². The second kappa shape index (κ2) is 8.47. The number of carbonyl (C=O) groups excluding carboxylic acids is 3. The lowest BCUT2D eigenvalue weighted by Gasteiger charge is -2.17. The van der Waals surface area contributed by atoms with E-state index in [4.69, 9.17) is 4.74 Å². The number of amides is 2. The van der Waals surface area contributed by atoms with Crippen LogP contribution in [0, 0.1) is 10.1 Å². The molecule has 9 heteroatoms. The third kappa shape index (κ3) is 6.55. The molecule has 1 aromatic carbocycles. The van der Waals surface area contributed by atoms with Gasteiger partial charge >= 0.3 is 5.97 Å². The Bertz CT molecular complexity index is 616. The monoisotopic (exact) mass is 323 g/mol. The van der Waals surface area contributed by atoms with Gasteiger partial charge in [-0.3, -0.25) is 24.5 Å². The van der Waals surface area contributed by atoms with Crippen molar-refractivity contribution in [1.82, 2.24) is 10.6 Å². The highest BCUT2D eigenvalue weighted by molar-refractivity contribution is 5.87. The highest BCUT2D eigenvalue weighted by Crippen LogP contribution is 2.12. The van der Waals surface area contributed by atoms with Crippen LogP contribution in [0.25, 0.3) is 0 Å². The molecule has 1 aromatic rings. The third-order valence-electron chi connectivity index (χ3n) is 2.74. The van der Waals surface area contributed by atoms with E-state index in [0.29, 0.717) is 5.56 Å². The topological polar surface area (TPSA) is 128 Å². The molecular formula is C14H17N3O6. The fourth-order valence-electron chi connectivity index (χ4n) is 1.72. The van der Waals surface area contributed by atoms with Crippen LogP contribution in [0.5, 0.6) is 0 Å². The Kier molecular flexibility index (Phi) is 6.66. The van der Waals surface area contributed by atoms with Gasteiger partial charge in [0.25, 0.3) is 5.69 Å². The second-order valence-corrected chi connectivity index (χ2v) is 4.70. The molecule has 2 amide bonds. The minimum absolute atomic E-state index is 0.0384. The number of hydrogen-bond donors (Lipinski definition) is 2. The molecule has 0 bridgehead atoms. The van der Waals surface area contributed by atoms with E-state index in [1.54, 1.807) is 6.07 Å². The largest absolute Gasteiger partial charge is 0.463 e. The average molecular weight is 323 g/mol. The number of nitro groups is 1. The predicted octanol–water partition coefficient (Wildman–Crippen LogP) is 0.279. The number of nitrogens with one attached hydrogen (secondary N) is 2. The third-order valence-corrected chi connectivity index (χ3v) is 2.74. The van der Waals surface area contributed by atoms with E-state index in [0.717, 1.165) is 0 Å². The van der Waals surface area contributed by atoms with Crippen molar-refractivity contribution in [3.8, 4) is 0 Å². The molecule has 1 rings (SSSR count). The standard InChI is InChI=1S/C14H17N3O6/c1-9(18)16-13(8-23-10(2)19)14(20)15-7-11-4-3-5-12(6-11)17(21)22/h3-6,13H,7-8H2,1-2H3,(H,15,20)(H,16,18)/t13-/m1/s1. The van der Waals surface area contributed by atoms with Crippen LogP contribution in [0.2, 0.25) is 0 Å². The van der Waals surface area contributed by atoms with Crippen molar-refractivity contribution in [3.63, 3.8) is 0 Å². The minimum atomic E-state index is -1.03. The van der Waals surface area contributed by atoms with Gasteiger partial charge < -0.3 is 15.4 Å².